The molecule has 1 aliphatic rings. The number of nitrogens with zero attached hydrogens (tertiary/aromatic N) is 2. The maximum Gasteiger partial charge on any atom is 0.315 e. The van der Waals surface area contributed by atoms with Crippen LogP contribution < -0.4 is 10.6 Å². The molecule has 7 nitrogen and oxygen atoms in total. The van der Waals surface area contributed by atoms with E-state index in [-0.39, 0.29) is 24.7 Å². The Morgan fingerprint density at radius 2 is 2.38 bits per heavy atom. The lowest BCUT2D eigenvalue weighted by Crippen LogP contribution is -2.40. The van der Waals surface area contributed by atoms with E-state index in [1.807, 2.05) is 30.7 Å². The third-order valence-electron chi connectivity index (χ3n) is 4.42. The number of aliphatic hydroxyl groups excluding tert-OH is 1. The normalized spacial score (nSPS) is 18.0. The first-order chi connectivity index (χ1) is 11.6. The number of carbonyl (C=O) groups is 1. The van der Waals surface area contributed by atoms with Crippen LogP contribution >= 0.6 is 0 Å². The van der Waals surface area contributed by atoms with Crippen LogP contribution in [0.4, 0.5) is 4.79 Å². The molecule has 130 valence electrons. The van der Waals surface area contributed by atoms with Crippen LogP contribution in [0.5, 0.6) is 0 Å². The molecule has 3 rings (SSSR count). The Morgan fingerprint density at radius 3 is 3.08 bits per heavy atom. The van der Waals surface area contributed by atoms with E-state index in [0.717, 1.165) is 42.0 Å². The fourth-order valence-electron chi connectivity index (χ4n) is 3.21. The number of fused-ring (bicyclic) bond motifs is 1. The predicted molar refractivity (Wildman–Crippen MR) is 88.5 cm³/mol. The highest BCUT2D eigenvalue weighted by Gasteiger charge is 2.26. The van der Waals surface area contributed by atoms with Gasteiger partial charge in [-0.05, 0) is 45.2 Å². The Bertz CT molecular complexity index is 707. The summed E-state index contributed by atoms with van der Waals surface area (Å²) < 4.78 is 7.37. The van der Waals surface area contributed by atoms with Crippen molar-refractivity contribution >= 4 is 6.03 Å². The van der Waals surface area contributed by atoms with Crippen molar-refractivity contribution in [1.29, 1.82) is 0 Å². The molecule has 0 aliphatic heterocycles. The summed E-state index contributed by atoms with van der Waals surface area (Å²) in [6.45, 7) is 4.32. The fraction of sp³-hybridized carbons (Fsp3) is 0.529. The van der Waals surface area contributed by atoms with Crippen molar-refractivity contribution in [2.45, 2.75) is 51.7 Å². The monoisotopic (exact) mass is 332 g/mol. The Hall–Kier alpha value is -2.28. The summed E-state index contributed by atoms with van der Waals surface area (Å²) in [5.74, 6) is 1.56. The van der Waals surface area contributed by atoms with Gasteiger partial charge in [0, 0.05) is 11.3 Å². The summed E-state index contributed by atoms with van der Waals surface area (Å²) in [5, 5.41) is 19.4. The van der Waals surface area contributed by atoms with Gasteiger partial charge < -0.3 is 20.2 Å². The van der Waals surface area contributed by atoms with Crippen LogP contribution in [0.1, 0.15) is 54.6 Å². The zero-order chi connectivity index (χ0) is 17.1. The fourth-order valence-corrected chi connectivity index (χ4v) is 3.21. The molecule has 2 amide bonds. The minimum Gasteiger partial charge on any atom is -0.464 e. The van der Waals surface area contributed by atoms with Gasteiger partial charge >= 0.3 is 6.03 Å². The van der Waals surface area contributed by atoms with Gasteiger partial charge in [0.15, 0.2) is 0 Å². The van der Waals surface area contributed by atoms with Crippen LogP contribution in [0.2, 0.25) is 0 Å². The SMILES string of the molecule is Cc1ccc([C@H](C)NC(=O)N[C@@H]2CCCc3c2cnn3CCO)o1. The first-order valence-corrected chi connectivity index (χ1v) is 8.37. The van der Waals surface area contributed by atoms with Crippen molar-refractivity contribution < 1.29 is 14.3 Å². The molecule has 0 saturated carbocycles. The lowest BCUT2D eigenvalue weighted by atomic mass is 9.93. The van der Waals surface area contributed by atoms with Gasteiger partial charge in [-0.3, -0.25) is 4.68 Å². The number of aromatic nitrogens is 2. The molecular formula is C17H24N4O3. The number of hydrogen-bond acceptors (Lipinski definition) is 4. The van der Waals surface area contributed by atoms with Crippen LogP contribution in [0.15, 0.2) is 22.7 Å². The molecule has 0 saturated heterocycles. The molecule has 2 aromatic heterocycles. The Labute approximate surface area is 141 Å². The summed E-state index contributed by atoms with van der Waals surface area (Å²) in [5.41, 5.74) is 2.15. The first-order valence-electron chi connectivity index (χ1n) is 8.37. The predicted octanol–water partition coefficient (Wildman–Crippen LogP) is 2.21. The lowest BCUT2D eigenvalue weighted by Gasteiger charge is -2.25. The average Bonchev–Trinajstić information content (AvgIpc) is 3.15. The highest BCUT2D eigenvalue weighted by molar-refractivity contribution is 5.75. The Morgan fingerprint density at radius 1 is 1.54 bits per heavy atom. The van der Waals surface area contributed by atoms with Crippen LogP contribution in [-0.2, 0) is 13.0 Å². The van der Waals surface area contributed by atoms with Crippen molar-refractivity contribution in [2.75, 3.05) is 6.61 Å². The minimum absolute atomic E-state index is 0.0493. The maximum atomic E-state index is 12.3. The third-order valence-corrected chi connectivity index (χ3v) is 4.42. The summed E-state index contributed by atoms with van der Waals surface area (Å²) in [4.78, 5) is 12.3. The number of aliphatic hydroxyl groups is 1. The largest absolute Gasteiger partial charge is 0.464 e. The number of urea groups is 1. The quantitative estimate of drug-likeness (QED) is 0.783. The highest BCUT2D eigenvalue weighted by Crippen LogP contribution is 2.29. The van der Waals surface area contributed by atoms with Gasteiger partial charge in [-0.1, -0.05) is 0 Å². The van der Waals surface area contributed by atoms with Gasteiger partial charge in [-0.25, -0.2) is 4.79 Å². The van der Waals surface area contributed by atoms with E-state index in [0.29, 0.717) is 6.54 Å². The van der Waals surface area contributed by atoms with Crippen molar-refractivity contribution in [1.82, 2.24) is 20.4 Å². The lowest BCUT2D eigenvalue weighted by molar-refractivity contribution is 0.230. The molecule has 7 heteroatoms. The van der Waals surface area contributed by atoms with E-state index < -0.39 is 0 Å². The smallest absolute Gasteiger partial charge is 0.315 e. The molecule has 24 heavy (non-hydrogen) atoms. The zero-order valence-corrected chi connectivity index (χ0v) is 14.1. The minimum atomic E-state index is -0.218. The van der Waals surface area contributed by atoms with E-state index in [9.17, 15) is 4.79 Å². The second kappa shape index (κ2) is 7.09. The number of nitrogens with one attached hydrogen (secondary N) is 2. The molecule has 2 aromatic rings. The van der Waals surface area contributed by atoms with Gasteiger partial charge in [-0.2, -0.15) is 5.10 Å². The van der Waals surface area contributed by atoms with E-state index in [4.69, 9.17) is 9.52 Å². The van der Waals surface area contributed by atoms with Crippen molar-refractivity contribution in [3.05, 3.63) is 41.1 Å². The van der Waals surface area contributed by atoms with Crippen LogP contribution in [-0.4, -0.2) is 27.5 Å². The van der Waals surface area contributed by atoms with Crippen molar-refractivity contribution in [3.8, 4) is 0 Å². The van der Waals surface area contributed by atoms with Gasteiger partial charge in [-0.15, -0.1) is 0 Å². The Balaban J connectivity index is 1.63. The Kier molecular flexibility index (Phi) is 4.89. The number of aryl methyl sites for hydroxylation is 1. The topological polar surface area (TPSA) is 92.3 Å². The second-order valence-corrected chi connectivity index (χ2v) is 6.23. The molecule has 0 fully saturated rings. The molecule has 0 radical (unpaired) electrons. The van der Waals surface area contributed by atoms with Gasteiger partial charge in [0.2, 0.25) is 0 Å². The van der Waals surface area contributed by atoms with Crippen LogP contribution in [0, 0.1) is 6.92 Å². The van der Waals surface area contributed by atoms with Gasteiger partial charge in [0.05, 0.1) is 31.4 Å². The maximum absolute atomic E-state index is 12.3. The van der Waals surface area contributed by atoms with Gasteiger partial charge in [0.25, 0.3) is 0 Å². The number of rotatable bonds is 5. The molecule has 0 bridgehead atoms. The standard InChI is InChI=1S/C17H24N4O3/c1-11-6-7-16(24-11)12(2)19-17(23)20-14-4-3-5-15-13(14)10-18-21(15)8-9-22/h6-7,10,12,14,22H,3-5,8-9H2,1-2H3,(H2,19,20,23)/t12-,14+/m0/s1. The number of hydrogen-bond donors (Lipinski definition) is 3. The molecule has 1 aliphatic carbocycles. The number of amides is 2. The molecular weight excluding hydrogens is 308 g/mol. The van der Waals surface area contributed by atoms with Crippen LogP contribution in [0.25, 0.3) is 0 Å². The summed E-state index contributed by atoms with van der Waals surface area (Å²) >= 11 is 0. The molecule has 3 N–H and O–H groups in total. The first kappa shape index (κ1) is 16.6. The molecule has 2 heterocycles. The van der Waals surface area contributed by atoms with Crippen molar-refractivity contribution in [2.24, 2.45) is 0 Å². The summed E-state index contributed by atoms with van der Waals surface area (Å²) in [6.07, 6.45) is 4.60. The molecule has 0 unspecified atom stereocenters. The third kappa shape index (κ3) is 3.46. The van der Waals surface area contributed by atoms with Gasteiger partial charge in [0.1, 0.15) is 11.5 Å². The molecule has 0 aromatic carbocycles. The molecule has 2 atom stereocenters. The number of carbonyl (C=O) groups excluding carboxylic acids is 1. The average molecular weight is 332 g/mol. The highest BCUT2D eigenvalue weighted by atomic mass is 16.3. The molecule has 0 spiro atoms. The number of furan rings is 1. The van der Waals surface area contributed by atoms with E-state index in [1.165, 1.54) is 0 Å². The van der Waals surface area contributed by atoms with E-state index in [2.05, 4.69) is 15.7 Å². The zero-order valence-electron chi connectivity index (χ0n) is 14.1. The van der Waals surface area contributed by atoms with Crippen LogP contribution in [0.3, 0.4) is 0 Å². The summed E-state index contributed by atoms with van der Waals surface area (Å²) in [7, 11) is 0. The van der Waals surface area contributed by atoms with E-state index >= 15 is 0 Å². The van der Waals surface area contributed by atoms with Crippen molar-refractivity contribution in [3.63, 3.8) is 0 Å². The van der Waals surface area contributed by atoms with E-state index in [1.54, 1.807) is 6.20 Å². The summed E-state index contributed by atoms with van der Waals surface area (Å²) in [6, 6.07) is 3.29. The second-order valence-electron chi connectivity index (χ2n) is 6.23.